The maximum atomic E-state index is 14.5. The van der Waals surface area contributed by atoms with Crippen molar-refractivity contribution < 1.29 is 68.4 Å². The number of rotatable bonds is 31. The Labute approximate surface area is 494 Å². The van der Waals surface area contributed by atoms with Crippen LogP contribution in [0.3, 0.4) is 0 Å². The summed E-state index contributed by atoms with van der Waals surface area (Å²) in [4.78, 5) is 140. The Morgan fingerprint density at radius 1 is 0.518 bits per heavy atom. The molecular weight excluding hydrogens is 1090 g/mol. The van der Waals surface area contributed by atoms with Gasteiger partial charge in [0, 0.05) is 25.8 Å². The average molecular weight is 1180 g/mol. The minimum absolute atomic E-state index is 0.0469. The van der Waals surface area contributed by atoms with Gasteiger partial charge in [-0.3, -0.25) is 43.2 Å². The highest BCUT2D eigenvalue weighted by Crippen LogP contribution is 2.22. The Bertz CT molecular complexity index is 2930. The highest BCUT2D eigenvalue weighted by atomic mass is 16.4. The molecule has 0 saturated carbocycles. The first-order valence-corrected chi connectivity index (χ1v) is 28.6. The van der Waals surface area contributed by atoms with Crippen molar-refractivity contribution in [3.05, 3.63) is 131 Å². The van der Waals surface area contributed by atoms with Crippen molar-refractivity contribution in [1.82, 2.24) is 42.1 Å². The van der Waals surface area contributed by atoms with Gasteiger partial charge in [-0.25, -0.2) is 4.79 Å². The van der Waals surface area contributed by atoms with Gasteiger partial charge in [0.2, 0.25) is 47.3 Å². The number of phenolic OH excluding ortho intramolecular Hbond substituents is 2. The van der Waals surface area contributed by atoms with Crippen molar-refractivity contribution in [2.45, 2.75) is 154 Å². The van der Waals surface area contributed by atoms with Gasteiger partial charge in [0.15, 0.2) is 0 Å². The first kappa shape index (κ1) is 66.9. The maximum Gasteiger partial charge on any atom is 0.326 e. The van der Waals surface area contributed by atoms with Gasteiger partial charge in [0.1, 0.15) is 59.8 Å². The molecule has 5 rings (SSSR count). The molecule has 458 valence electrons. The topological polar surface area (TPSA) is 365 Å². The molecule has 85 heavy (non-hydrogen) atoms. The van der Waals surface area contributed by atoms with E-state index in [1.165, 1.54) is 41.3 Å². The van der Waals surface area contributed by atoms with Gasteiger partial charge in [0.25, 0.3) is 0 Å². The predicted octanol–water partition coefficient (Wildman–Crippen LogP) is 2.39. The lowest BCUT2D eigenvalue weighted by molar-refractivity contribution is -0.143. The molecule has 0 unspecified atom stereocenters. The number of nitrogens with two attached hydrogens (primary N) is 1. The lowest BCUT2D eigenvalue weighted by Crippen LogP contribution is -2.62. The molecule has 1 aliphatic rings. The zero-order valence-corrected chi connectivity index (χ0v) is 48.8. The molecule has 4 aromatic rings. The number of nitrogens with zero attached hydrogens (tertiary/aromatic N) is 1. The third-order valence-electron chi connectivity index (χ3n) is 14.8. The summed E-state index contributed by atoms with van der Waals surface area (Å²) >= 11 is 0. The van der Waals surface area contributed by atoms with E-state index in [4.69, 9.17) is 5.73 Å². The van der Waals surface area contributed by atoms with Crippen LogP contribution in [0, 0.1) is 17.8 Å². The Kier molecular flexibility index (Phi) is 25.4. The molecule has 1 saturated heterocycles. The second-order valence-corrected chi connectivity index (χ2v) is 22.4. The van der Waals surface area contributed by atoms with Crippen molar-refractivity contribution in [3.8, 4) is 11.5 Å². The number of likely N-dealkylation sites (tertiary alicyclic amines) is 1. The number of aromatic hydroxyl groups is 2. The van der Waals surface area contributed by atoms with E-state index < -0.39 is 132 Å². The minimum atomic E-state index is -1.84. The Morgan fingerprint density at radius 3 is 1.48 bits per heavy atom. The van der Waals surface area contributed by atoms with Gasteiger partial charge in [-0.1, -0.05) is 133 Å². The number of hydrogen-bond acceptors (Lipinski definition) is 13. The third-order valence-corrected chi connectivity index (χ3v) is 14.8. The Hall–Kier alpha value is -8.86. The maximum absolute atomic E-state index is 14.5. The smallest absolute Gasteiger partial charge is 0.326 e. The summed E-state index contributed by atoms with van der Waals surface area (Å²) in [5.74, 6) is -10.8. The van der Waals surface area contributed by atoms with Crippen molar-refractivity contribution in [2.75, 3.05) is 6.54 Å². The van der Waals surface area contributed by atoms with Crippen LogP contribution in [0.25, 0.3) is 0 Å². The molecule has 1 aliphatic heterocycles. The number of carbonyl (C=O) groups excluding carboxylic acids is 8. The lowest BCUT2D eigenvalue weighted by Gasteiger charge is -2.32. The van der Waals surface area contributed by atoms with Crippen molar-refractivity contribution in [2.24, 2.45) is 23.5 Å². The fourth-order valence-corrected chi connectivity index (χ4v) is 9.83. The highest BCUT2D eigenvalue weighted by molar-refractivity contribution is 5.99. The molecule has 0 aliphatic carbocycles. The summed E-state index contributed by atoms with van der Waals surface area (Å²) in [7, 11) is 0. The molecule has 0 bridgehead atoms. The van der Waals surface area contributed by atoms with E-state index in [2.05, 4.69) is 37.2 Å². The van der Waals surface area contributed by atoms with Crippen LogP contribution in [-0.4, -0.2) is 145 Å². The minimum Gasteiger partial charge on any atom is -0.508 e. The average Bonchev–Trinajstić information content (AvgIpc) is 4.25. The molecule has 4 aromatic carbocycles. The van der Waals surface area contributed by atoms with Crippen LogP contribution < -0.4 is 43.0 Å². The van der Waals surface area contributed by atoms with Crippen LogP contribution in [0.4, 0.5) is 0 Å². The van der Waals surface area contributed by atoms with Crippen molar-refractivity contribution in [3.63, 3.8) is 0 Å². The van der Waals surface area contributed by atoms with Gasteiger partial charge in [0.05, 0.1) is 12.5 Å². The second-order valence-electron chi connectivity index (χ2n) is 22.4. The number of hydrogen-bond donors (Lipinski definition) is 12. The zero-order valence-electron chi connectivity index (χ0n) is 48.8. The normalized spacial score (nSPS) is 16.2. The number of carbonyl (C=O) groups is 10. The third kappa shape index (κ3) is 20.8. The van der Waals surface area contributed by atoms with Crippen LogP contribution in [0.15, 0.2) is 109 Å². The monoisotopic (exact) mass is 1180 g/mol. The SMILES string of the molecule is CC[C@H](C)[C@H](NC(=O)[C@@H](NC(=O)[C@H](CC(C)C)NC(=O)[C@@H]1CCCN1C(=O)[C@H](Cc1ccccc1)NC(=O)[C@@H](N)Cc1ccc(O)cc1)C(C)C)C(=O)N[C@@H](CC(=O)O)C(=O)N[C@@H](Cc1ccc(O)cc1)C(=O)N[C@@H](Cc1ccccc1)C(=O)O. The molecule has 1 fully saturated rings. The summed E-state index contributed by atoms with van der Waals surface area (Å²) < 4.78 is 0. The van der Waals surface area contributed by atoms with Crippen LogP contribution in [0.5, 0.6) is 11.5 Å². The first-order valence-electron chi connectivity index (χ1n) is 28.6. The zero-order chi connectivity index (χ0) is 62.5. The number of carboxylic acids is 2. The lowest BCUT2D eigenvalue weighted by atomic mass is 9.95. The van der Waals surface area contributed by atoms with Gasteiger partial charge in [-0.05, 0) is 90.0 Å². The standard InChI is InChI=1S/C62H81N9O14/c1-7-37(6)53(60(82)66-47(34-51(74)75)56(78)64-46(31-41-22-26-43(73)27-23-41)55(77)68-49(62(84)85)33-39-17-12-9-13-18-39)70-59(81)52(36(4)5)69-57(79)45(29-35(2)3)65-58(80)50-19-14-28-71(50)61(83)48(32-38-15-10-8-11-16-38)67-54(76)44(63)30-40-20-24-42(72)25-21-40/h8-13,15-18,20-27,35-37,44-50,52-53,72-73H,7,14,19,28-34,63H2,1-6H3,(H,64,78)(H,65,80)(H,66,82)(H,67,76)(H,68,77)(H,69,79)(H,70,81)(H,74,75)(H,84,85)/t37-,44-,45-,46-,47-,48-,49-,50-,52-,53-/m0/s1. The van der Waals surface area contributed by atoms with Crippen LogP contribution in [-0.2, 0) is 73.6 Å². The molecule has 0 radical (unpaired) electrons. The molecule has 0 spiro atoms. The van der Waals surface area contributed by atoms with Crippen LogP contribution in [0.2, 0.25) is 0 Å². The molecule has 23 heteroatoms. The van der Waals surface area contributed by atoms with Crippen molar-refractivity contribution >= 4 is 59.2 Å². The Morgan fingerprint density at radius 2 is 0.965 bits per heavy atom. The number of aliphatic carboxylic acids is 2. The van der Waals surface area contributed by atoms with E-state index in [0.29, 0.717) is 23.1 Å². The first-order chi connectivity index (χ1) is 40.3. The van der Waals surface area contributed by atoms with Crippen LogP contribution in [0.1, 0.15) is 95.9 Å². The van der Waals surface area contributed by atoms with E-state index in [1.807, 2.05) is 19.9 Å². The molecule has 10 atom stereocenters. The highest BCUT2D eigenvalue weighted by Gasteiger charge is 2.41. The molecule has 23 nitrogen and oxygen atoms in total. The summed E-state index contributed by atoms with van der Waals surface area (Å²) in [5, 5.41) is 58.0. The fraction of sp³-hybridized carbons (Fsp3) is 0.452. The van der Waals surface area contributed by atoms with Crippen LogP contribution >= 0.6 is 0 Å². The van der Waals surface area contributed by atoms with Gasteiger partial charge in [-0.2, -0.15) is 0 Å². The number of phenols is 2. The van der Waals surface area contributed by atoms with E-state index in [0.717, 1.165) is 5.56 Å². The largest absolute Gasteiger partial charge is 0.508 e. The summed E-state index contributed by atoms with van der Waals surface area (Å²) in [6, 6.07) is 17.3. The molecule has 8 amide bonds. The summed E-state index contributed by atoms with van der Waals surface area (Å²) in [6.45, 7) is 10.5. The van der Waals surface area contributed by atoms with Gasteiger partial charge >= 0.3 is 11.9 Å². The van der Waals surface area contributed by atoms with E-state index in [1.54, 1.807) is 94.4 Å². The number of amides is 8. The number of carboxylic acid groups (broad SMARTS) is 2. The Balaban J connectivity index is 1.30. The van der Waals surface area contributed by atoms with E-state index >= 15 is 0 Å². The van der Waals surface area contributed by atoms with E-state index in [-0.39, 0.29) is 68.9 Å². The fourth-order valence-electron chi connectivity index (χ4n) is 9.83. The second kappa shape index (κ2) is 32.3. The number of nitrogens with one attached hydrogen (secondary N) is 7. The molecule has 0 aromatic heterocycles. The molecule has 13 N–H and O–H groups in total. The quantitative estimate of drug-likeness (QED) is 0.0344. The molecule has 1 heterocycles. The summed E-state index contributed by atoms with van der Waals surface area (Å²) in [6.07, 6.45) is -0.109. The van der Waals surface area contributed by atoms with E-state index in [9.17, 15) is 68.4 Å². The number of benzene rings is 4. The summed E-state index contributed by atoms with van der Waals surface area (Å²) in [5.41, 5.74) is 8.75. The molecular formula is C62H81N9O14. The van der Waals surface area contributed by atoms with Crippen molar-refractivity contribution in [1.29, 1.82) is 0 Å². The predicted molar refractivity (Wildman–Crippen MR) is 314 cm³/mol. The van der Waals surface area contributed by atoms with Gasteiger partial charge in [-0.15, -0.1) is 0 Å². The van der Waals surface area contributed by atoms with Gasteiger partial charge < -0.3 is 68.3 Å².